The first-order valence-electron chi connectivity index (χ1n) is 6.70. The summed E-state index contributed by atoms with van der Waals surface area (Å²) < 4.78 is 5.49. The zero-order chi connectivity index (χ0) is 13.4. The van der Waals surface area contributed by atoms with E-state index >= 15 is 0 Å². The van der Waals surface area contributed by atoms with E-state index < -0.39 is 0 Å². The zero-order valence-corrected chi connectivity index (χ0v) is 16.1. The first-order chi connectivity index (χ1) is 9.92. The number of halogens is 2. The van der Waals surface area contributed by atoms with Gasteiger partial charge >= 0.3 is 26.2 Å². The van der Waals surface area contributed by atoms with Crippen LogP contribution in [0.2, 0.25) is 0 Å². The maximum atomic E-state index is 5.49. The number of benzene rings is 2. The minimum atomic E-state index is 0. The van der Waals surface area contributed by atoms with Crippen molar-refractivity contribution in [2.75, 3.05) is 0 Å². The average molecular weight is 419 g/mol. The second kappa shape index (κ2) is 8.59. The van der Waals surface area contributed by atoms with E-state index in [-0.39, 0.29) is 51.0 Å². The van der Waals surface area contributed by atoms with Crippen molar-refractivity contribution in [2.45, 2.75) is 0 Å². The number of hydrogen-bond donors (Lipinski definition) is 0. The monoisotopic (exact) mass is 417 g/mol. The minimum absolute atomic E-state index is 0. The molecule has 1 nitrogen and oxygen atoms in total. The summed E-state index contributed by atoms with van der Waals surface area (Å²) in [5, 5.41) is 2.52. The van der Waals surface area contributed by atoms with Crippen LogP contribution in [0.5, 0.6) is 0 Å². The Bertz CT molecular complexity index is 852. The summed E-state index contributed by atoms with van der Waals surface area (Å²) in [4.78, 5) is 0. The number of fused-ring (bicyclic) bond motifs is 1. The predicted octanol–water partition coefficient (Wildman–Crippen LogP) is -0.509. The van der Waals surface area contributed by atoms with Crippen molar-refractivity contribution in [3.63, 3.8) is 0 Å². The normalized spacial score (nSPS) is 9.57. The minimum Gasteiger partial charge on any atom is -1.00 e. The third kappa shape index (κ3) is 3.83. The molecule has 1 radical (unpaired) electrons. The summed E-state index contributed by atoms with van der Waals surface area (Å²) in [7, 11) is 0. The largest absolute Gasteiger partial charge is 3.00 e. The number of rotatable bonds is 2. The summed E-state index contributed by atoms with van der Waals surface area (Å²) >= 11 is 0. The molecule has 0 N–H and O–H groups in total. The summed E-state index contributed by atoms with van der Waals surface area (Å²) in [6.07, 6.45) is 1.71. The standard InChI is InChI=1S/C19H13O.2ClH.Zr/c1-2-6-14(7-3-1)17-9-4-8-15-12-16(13-18(15)17)19-10-5-11-20-19;;;/h1-13H;2*1H;/q-1;;;+3/p-2. The Hall–Kier alpha value is -1.21. The molecule has 0 fully saturated rings. The molecular weight excluding hydrogens is 406 g/mol. The summed E-state index contributed by atoms with van der Waals surface area (Å²) in [5.41, 5.74) is 3.64. The van der Waals surface area contributed by atoms with Crippen LogP contribution in [0.25, 0.3) is 33.2 Å². The maximum Gasteiger partial charge on any atom is 3.00 e. The van der Waals surface area contributed by atoms with Crippen molar-refractivity contribution in [1.82, 2.24) is 0 Å². The van der Waals surface area contributed by atoms with Gasteiger partial charge in [-0.2, -0.15) is 0 Å². The van der Waals surface area contributed by atoms with Crippen LogP contribution in [0.15, 0.2) is 83.5 Å². The molecule has 0 amide bonds. The Balaban J connectivity index is 0.000000882. The third-order valence-corrected chi connectivity index (χ3v) is 3.64. The van der Waals surface area contributed by atoms with Gasteiger partial charge in [-0.05, 0) is 11.6 Å². The molecule has 0 atom stereocenters. The van der Waals surface area contributed by atoms with Gasteiger partial charge in [0.1, 0.15) is 0 Å². The van der Waals surface area contributed by atoms with Gasteiger partial charge in [-0.1, -0.05) is 59.7 Å². The van der Waals surface area contributed by atoms with Crippen LogP contribution in [0.4, 0.5) is 0 Å². The van der Waals surface area contributed by atoms with Gasteiger partial charge in [-0.3, -0.25) is 0 Å². The topological polar surface area (TPSA) is 13.1 Å². The SMILES string of the molecule is [Cl-].[Cl-].[Zr+3].c1ccc(-c2cccc3[cH-]c(-c4ccco4)cc23)cc1. The molecule has 4 heteroatoms. The molecule has 4 aromatic rings. The summed E-state index contributed by atoms with van der Waals surface area (Å²) in [5.74, 6) is 0.917. The van der Waals surface area contributed by atoms with Crippen molar-refractivity contribution in [3.05, 3.63) is 79.1 Å². The second-order valence-electron chi connectivity index (χ2n) is 4.90. The average Bonchev–Trinajstić information content (AvgIpc) is 3.16. The molecule has 4 rings (SSSR count). The van der Waals surface area contributed by atoms with Crippen molar-refractivity contribution in [1.29, 1.82) is 0 Å². The molecule has 0 aliphatic carbocycles. The van der Waals surface area contributed by atoms with Crippen molar-refractivity contribution in [2.24, 2.45) is 0 Å². The van der Waals surface area contributed by atoms with E-state index in [1.165, 1.54) is 21.9 Å². The van der Waals surface area contributed by atoms with E-state index in [9.17, 15) is 0 Å². The van der Waals surface area contributed by atoms with Gasteiger partial charge in [0, 0.05) is 0 Å². The van der Waals surface area contributed by atoms with Gasteiger partial charge in [0.05, 0.1) is 12.0 Å². The van der Waals surface area contributed by atoms with Crippen LogP contribution in [0.3, 0.4) is 0 Å². The molecule has 0 aliphatic heterocycles. The van der Waals surface area contributed by atoms with E-state index in [0.29, 0.717) is 0 Å². The van der Waals surface area contributed by atoms with Gasteiger partial charge in [0.15, 0.2) is 0 Å². The molecule has 0 aliphatic rings. The fraction of sp³-hybridized carbons (Fsp3) is 0. The fourth-order valence-electron chi connectivity index (χ4n) is 2.69. The molecule has 0 saturated carbocycles. The van der Waals surface area contributed by atoms with Gasteiger partial charge in [-0.25, -0.2) is 0 Å². The Morgan fingerprint density at radius 1 is 0.783 bits per heavy atom. The van der Waals surface area contributed by atoms with Gasteiger partial charge in [0.2, 0.25) is 0 Å². The molecular formula is C19H13Cl2OZr. The number of hydrogen-bond acceptors (Lipinski definition) is 1. The van der Waals surface area contributed by atoms with E-state index in [1.54, 1.807) is 6.26 Å². The Morgan fingerprint density at radius 2 is 1.57 bits per heavy atom. The maximum absolute atomic E-state index is 5.49. The molecule has 0 saturated heterocycles. The van der Waals surface area contributed by atoms with Gasteiger partial charge in [-0.15, -0.1) is 29.0 Å². The molecule has 3 aromatic carbocycles. The molecule has 113 valence electrons. The zero-order valence-electron chi connectivity index (χ0n) is 12.2. The quantitative estimate of drug-likeness (QED) is 0.399. The smallest absolute Gasteiger partial charge is 1.00 e. The van der Waals surface area contributed by atoms with Crippen LogP contribution in [0, 0.1) is 0 Å². The van der Waals surface area contributed by atoms with E-state index in [0.717, 1.165) is 11.3 Å². The predicted molar refractivity (Wildman–Crippen MR) is 82.7 cm³/mol. The summed E-state index contributed by atoms with van der Waals surface area (Å²) in [6, 6.07) is 25.2. The molecule has 0 bridgehead atoms. The Kier molecular flexibility index (Phi) is 7.41. The van der Waals surface area contributed by atoms with Crippen LogP contribution in [-0.4, -0.2) is 0 Å². The van der Waals surface area contributed by atoms with Crippen molar-refractivity contribution < 1.29 is 55.4 Å². The molecule has 0 unspecified atom stereocenters. The first kappa shape index (κ1) is 19.8. The van der Waals surface area contributed by atoms with E-state index in [1.807, 2.05) is 18.2 Å². The molecule has 1 heterocycles. The van der Waals surface area contributed by atoms with Gasteiger partial charge < -0.3 is 29.2 Å². The van der Waals surface area contributed by atoms with E-state index in [4.69, 9.17) is 4.42 Å². The van der Waals surface area contributed by atoms with Crippen molar-refractivity contribution in [3.8, 4) is 22.5 Å². The number of furan rings is 1. The van der Waals surface area contributed by atoms with Crippen LogP contribution >= 0.6 is 0 Å². The van der Waals surface area contributed by atoms with E-state index in [2.05, 4.69) is 54.6 Å². The molecule has 23 heavy (non-hydrogen) atoms. The van der Waals surface area contributed by atoms with Crippen molar-refractivity contribution >= 4 is 10.8 Å². The molecule has 0 spiro atoms. The van der Waals surface area contributed by atoms with Crippen LogP contribution < -0.4 is 24.8 Å². The third-order valence-electron chi connectivity index (χ3n) is 3.64. The van der Waals surface area contributed by atoms with Crippen LogP contribution in [0.1, 0.15) is 0 Å². The fourth-order valence-corrected chi connectivity index (χ4v) is 2.69. The first-order valence-corrected chi connectivity index (χ1v) is 6.70. The van der Waals surface area contributed by atoms with Crippen LogP contribution in [-0.2, 0) is 26.2 Å². The second-order valence-corrected chi connectivity index (χ2v) is 4.90. The summed E-state index contributed by atoms with van der Waals surface area (Å²) in [6.45, 7) is 0. The Morgan fingerprint density at radius 3 is 2.26 bits per heavy atom. The Labute approximate surface area is 167 Å². The van der Waals surface area contributed by atoms with Gasteiger partial charge in [0.25, 0.3) is 0 Å². The molecule has 1 aromatic heterocycles.